The number of sulfonamides is 1. The summed E-state index contributed by atoms with van der Waals surface area (Å²) in [4.78, 5) is 14.9. The summed E-state index contributed by atoms with van der Waals surface area (Å²) in [6.07, 6.45) is 0. The average Bonchev–Trinajstić information content (AvgIpc) is 3.40. The first kappa shape index (κ1) is 23.8. The molecule has 0 radical (unpaired) electrons. The zero-order valence-corrected chi connectivity index (χ0v) is 19.5. The van der Waals surface area contributed by atoms with Crippen LogP contribution < -0.4 is 9.62 Å². The maximum absolute atomic E-state index is 15.1. The molecule has 35 heavy (non-hydrogen) atoms. The van der Waals surface area contributed by atoms with E-state index < -0.39 is 70.1 Å². The minimum Gasteiger partial charge on any atom is -0.354 e. The molecule has 2 atom stereocenters. The van der Waals surface area contributed by atoms with Gasteiger partial charge in [0.05, 0.1) is 23.2 Å². The van der Waals surface area contributed by atoms with E-state index in [0.29, 0.717) is 0 Å². The van der Waals surface area contributed by atoms with Gasteiger partial charge in [-0.15, -0.1) is 0 Å². The fourth-order valence-corrected chi connectivity index (χ4v) is 5.52. The first-order valence-corrected chi connectivity index (χ1v) is 12.5. The summed E-state index contributed by atoms with van der Waals surface area (Å²) in [5.41, 5.74) is -0.527. The number of aromatic nitrogens is 1. The normalized spacial score (nSPS) is 21.8. The quantitative estimate of drug-likeness (QED) is 0.501. The second-order valence-corrected chi connectivity index (χ2v) is 10.7. The average molecular weight is 533 g/mol. The van der Waals surface area contributed by atoms with Crippen molar-refractivity contribution in [2.75, 3.05) is 23.7 Å². The van der Waals surface area contributed by atoms with Crippen molar-refractivity contribution in [1.82, 2.24) is 14.8 Å². The summed E-state index contributed by atoms with van der Waals surface area (Å²) < 4.78 is 90.3. The predicted octanol–water partition coefficient (Wildman–Crippen LogP) is 3.99. The molecular formula is C21H17ClF4N4O4S. The predicted molar refractivity (Wildman–Crippen MR) is 119 cm³/mol. The Balaban J connectivity index is 1.57. The van der Waals surface area contributed by atoms with Crippen molar-refractivity contribution >= 4 is 44.4 Å². The SMILES string of the molecule is CCS(=O)(=O)N[C@@H]1CN2C(=O)N(c3noc4cc(Cl)cc(-c5c(F)cccc5F)c34)C[C@@H]2C1(F)F. The smallest absolute Gasteiger partial charge is 0.326 e. The van der Waals surface area contributed by atoms with Gasteiger partial charge in [0.25, 0.3) is 5.92 Å². The van der Waals surface area contributed by atoms with Crippen LogP contribution in [-0.4, -0.2) is 61.4 Å². The molecular weight excluding hydrogens is 516 g/mol. The van der Waals surface area contributed by atoms with E-state index in [4.69, 9.17) is 16.1 Å². The number of nitrogens with zero attached hydrogens (tertiary/aromatic N) is 3. The number of hydrogen-bond acceptors (Lipinski definition) is 5. The monoisotopic (exact) mass is 532 g/mol. The number of hydrogen-bond donors (Lipinski definition) is 1. The molecule has 0 aliphatic carbocycles. The van der Waals surface area contributed by atoms with Crippen LogP contribution in [0.25, 0.3) is 22.1 Å². The van der Waals surface area contributed by atoms with Crippen molar-refractivity contribution in [1.29, 1.82) is 0 Å². The van der Waals surface area contributed by atoms with Gasteiger partial charge in [-0.1, -0.05) is 22.8 Å². The fourth-order valence-electron chi connectivity index (χ4n) is 4.48. The summed E-state index contributed by atoms with van der Waals surface area (Å²) in [7, 11) is -3.95. The largest absolute Gasteiger partial charge is 0.354 e. The highest BCUT2D eigenvalue weighted by molar-refractivity contribution is 7.89. The second-order valence-electron chi connectivity index (χ2n) is 8.24. The number of nitrogens with one attached hydrogen (secondary N) is 1. The van der Waals surface area contributed by atoms with Crippen molar-refractivity contribution in [3.8, 4) is 11.1 Å². The molecule has 5 rings (SSSR count). The Morgan fingerprint density at radius 2 is 1.91 bits per heavy atom. The molecule has 1 aromatic heterocycles. The van der Waals surface area contributed by atoms with Gasteiger partial charge in [0.15, 0.2) is 11.4 Å². The molecule has 2 aliphatic rings. The Morgan fingerprint density at radius 1 is 1.23 bits per heavy atom. The minimum absolute atomic E-state index is 0.00893. The fraction of sp³-hybridized carbons (Fsp3) is 0.333. The Morgan fingerprint density at radius 3 is 2.54 bits per heavy atom. The molecule has 14 heteroatoms. The van der Waals surface area contributed by atoms with Crippen LogP contribution >= 0.6 is 11.6 Å². The lowest BCUT2D eigenvalue weighted by Crippen LogP contribution is -2.51. The Kier molecular flexibility index (Phi) is 5.49. The van der Waals surface area contributed by atoms with E-state index in [1.54, 1.807) is 0 Å². The summed E-state index contributed by atoms with van der Waals surface area (Å²) in [6.45, 7) is 0.184. The minimum atomic E-state index is -3.95. The lowest BCUT2D eigenvalue weighted by molar-refractivity contribution is -0.0324. The molecule has 0 spiro atoms. The molecule has 3 heterocycles. The molecule has 8 nitrogen and oxygen atoms in total. The zero-order valence-electron chi connectivity index (χ0n) is 17.9. The Bertz CT molecular complexity index is 1440. The highest BCUT2D eigenvalue weighted by Crippen LogP contribution is 2.44. The molecule has 0 saturated carbocycles. The van der Waals surface area contributed by atoms with E-state index in [2.05, 4.69) is 5.16 Å². The van der Waals surface area contributed by atoms with E-state index in [-0.39, 0.29) is 27.4 Å². The maximum Gasteiger partial charge on any atom is 0.326 e. The summed E-state index contributed by atoms with van der Waals surface area (Å²) >= 11 is 6.10. The van der Waals surface area contributed by atoms with E-state index in [1.807, 2.05) is 4.72 Å². The van der Waals surface area contributed by atoms with Crippen LogP contribution in [0.4, 0.5) is 28.2 Å². The lowest BCUT2D eigenvalue weighted by atomic mass is 10.00. The number of rotatable bonds is 5. The second kappa shape index (κ2) is 8.07. The Labute approximate surface area is 201 Å². The van der Waals surface area contributed by atoms with Gasteiger partial charge >= 0.3 is 6.03 Å². The van der Waals surface area contributed by atoms with Gasteiger partial charge in [-0.2, -0.15) is 0 Å². The molecule has 2 amide bonds. The molecule has 2 saturated heterocycles. The van der Waals surface area contributed by atoms with Crippen LogP contribution in [-0.2, 0) is 10.0 Å². The topological polar surface area (TPSA) is 95.8 Å². The molecule has 1 N–H and O–H groups in total. The van der Waals surface area contributed by atoms with Gasteiger partial charge in [-0.05, 0) is 25.1 Å². The van der Waals surface area contributed by atoms with Crippen LogP contribution in [0.1, 0.15) is 6.92 Å². The van der Waals surface area contributed by atoms with E-state index >= 15 is 8.78 Å². The van der Waals surface area contributed by atoms with Gasteiger partial charge in [-0.3, -0.25) is 4.90 Å². The third kappa shape index (κ3) is 3.72. The van der Waals surface area contributed by atoms with Crippen molar-refractivity contribution < 1.29 is 35.3 Å². The van der Waals surface area contributed by atoms with Gasteiger partial charge in [-0.25, -0.2) is 35.5 Å². The number of amides is 2. The number of carbonyl (C=O) groups excluding carboxylic acids is 1. The summed E-state index contributed by atoms with van der Waals surface area (Å²) in [5, 5.41) is 3.91. The number of carbonyl (C=O) groups is 1. The number of fused-ring (bicyclic) bond motifs is 2. The van der Waals surface area contributed by atoms with Crippen molar-refractivity contribution in [2.45, 2.75) is 24.9 Å². The first-order chi connectivity index (χ1) is 16.4. The van der Waals surface area contributed by atoms with E-state index in [9.17, 15) is 22.0 Å². The number of benzene rings is 2. The summed E-state index contributed by atoms with van der Waals surface area (Å²) in [6, 6.07) is 1.50. The standard InChI is InChI=1S/C21H17ClF4N4O4S/c1-2-35(32,33)28-15-8-29-16(21(15,25)26)9-30(20(29)31)19-18-11(6-10(22)7-14(18)34-27-19)17-12(23)4-3-5-13(17)24/h3-7,15-16,28H,2,8-9H2,1H3/t15-,16-/m1/s1. The van der Waals surface area contributed by atoms with Crippen LogP contribution in [0.3, 0.4) is 0 Å². The van der Waals surface area contributed by atoms with Crippen molar-refractivity contribution in [2.24, 2.45) is 0 Å². The highest BCUT2D eigenvalue weighted by Gasteiger charge is 2.63. The van der Waals surface area contributed by atoms with Gasteiger partial charge in [0.2, 0.25) is 10.0 Å². The zero-order chi connectivity index (χ0) is 25.3. The number of urea groups is 1. The molecule has 0 unspecified atom stereocenters. The molecule has 2 fully saturated rings. The van der Waals surface area contributed by atoms with Crippen LogP contribution in [0.15, 0.2) is 34.9 Å². The van der Waals surface area contributed by atoms with Crippen LogP contribution in [0.2, 0.25) is 5.02 Å². The Hall–Kier alpha value is -2.90. The summed E-state index contributed by atoms with van der Waals surface area (Å²) in [5.74, 6) is -6.02. The molecule has 2 aliphatic heterocycles. The third-order valence-electron chi connectivity index (χ3n) is 6.21. The van der Waals surface area contributed by atoms with E-state index in [0.717, 1.165) is 21.9 Å². The van der Waals surface area contributed by atoms with Gasteiger partial charge < -0.3 is 9.42 Å². The molecule has 3 aromatic rings. The first-order valence-electron chi connectivity index (χ1n) is 10.4. The maximum atomic E-state index is 15.1. The number of alkyl halides is 2. The molecule has 0 bridgehead atoms. The van der Waals surface area contributed by atoms with Crippen molar-refractivity contribution in [3.63, 3.8) is 0 Å². The lowest BCUT2D eigenvalue weighted by Gasteiger charge is -2.23. The number of anilines is 1. The highest BCUT2D eigenvalue weighted by atomic mass is 35.5. The third-order valence-corrected chi connectivity index (χ3v) is 7.83. The van der Waals surface area contributed by atoms with Gasteiger partial charge in [0.1, 0.15) is 23.7 Å². The molecule has 186 valence electrons. The number of halogens is 5. The van der Waals surface area contributed by atoms with Crippen LogP contribution in [0.5, 0.6) is 0 Å². The van der Waals surface area contributed by atoms with Crippen molar-refractivity contribution in [3.05, 3.63) is 47.0 Å². The molecule has 2 aromatic carbocycles. The van der Waals surface area contributed by atoms with E-state index in [1.165, 1.54) is 25.1 Å². The van der Waals surface area contributed by atoms with Gasteiger partial charge in [0, 0.05) is 23.2 Å². The van der Waals surface area contributed by atoms with Crippen LogP contribution in [0, 0.1) is 11.6 Å².